The molecule has 4 heteroatoms. The summed E-state index contributed by atoms with van der Waals surface area (Å²) >= 11 is 0. The summed E-state index contributed by atoms with van der Waals surface area (Å²) in [4.78, 5) is 0.165. The van der Waals surface area contributed by atoms with Crippen molar-refractivity contribution in [1.82, 2.24) is 0 Å². The van der Waals surface area contributed by atoms with E-state index in [0.29, 0.717) is 0 Å². The highest BCUT2D eigenvalue weighted by molar-refractivity contribution is 7.93. The molecule has 0 fully saturated rings. The van der Waals surface area contributed by atoms with Crippen LogP contribution in [0.1, 0.15) is 12.5 Å². The van der Waals surface area contributed by atoms with Gasteiger partial charge in [0.15, 0.2) is 0 Å². The first-order chi connectivity index (χ1) is 6.00. The van der Waals surface area contributed by atoms with Crippen molar-refractivity contribution in [2.45, 2.75) is 6.92 Å². The Hall–Kier alpha value is -1.13. The van der Waals surface area contributed by atoms with E-state index in [4.69, 9.17) is 5.14 Å². The van der Waals surface area contributed by atoms with Gasteiger partial charge in [0.05, 0.1) is 4.91 Å². The fourth-order valence-corrected chi connectivity index (χ4v) is 1.17. The first-order valence-electron chi connectivity index (χ1n) is 3.76. The van der Waals surface area contributed by atoms with Gasteiger partial charge < -0.3 is 0 Å². The lowest BCUT2D eigenvalue weighted by Crippen LogP contribution is -2.12. The fraction of sp³-hybridized carbons (Fsp3) is 0.111. The van der Waals surface area contributed by atoms with E-state index in [1.807, 2.05) is 30.3 Å². The van der Waals surface area contributed by atoms with Crippen LogP contribution >= 0.6 is 0 Å². The molecule has 0 aliphatic heterocycles. The smallest absolute Gasteiger partial charge is 0.225 e. The summed E-state index contributed by atoms with van der Waals surface area (Å²) in [6.07, 6.45) is 1.54. The van der Waals surface area contributed by atoms with Crippen molar-refractivity contribution in [3.8, 4) is 0 Å². The second kappa shape index (κ2) is 3.72. The van der Waals surface area contributed by atoms with Gasteiger partial charge in [0.2, 0.25) is 10.0 Å². The summed E-state index contributed by atoms with van der Waals surface area (Å²) in [6.45, 7) is 1.47. The highest BCUT2D eigenvalue weighted by Crippen LogP contribution is 2.08. The molecule has 0 atom stereocenters. The lowest BCUT2D eigenvalue weighted by atomic mass is 10.2. The van der Waals surface area contributed by atoms with Gasteiger partial charge in [-0.1, -0.05) is 30.3 Å². The zero-order valence-corrected chi connectivity index (χ0v) is 8.08. The topological polar surface area (TPSA) is 60.2 Å². The molecule has 0 bridgehead atoms. The molecule has 0 heterocycles. The summed E-state index contributed by atoms with van der Waals surface area (Å²) in [6, 6.07) is 9.16. The minimum Gasteiger partial charge on any atom is -0.225 e. The molecule has 1 aromatic carbocycles. The number of hydrogen-bond acceptors (Lipinski definition) is 2. The van der Waals surface area contributed by atoms with E-state index in [1.54, 1.807) is 0 Å². The first-order valence-corrected chi connectivity index (χ1v) is 5.31. The van der Waals surface area contributed by atoms with Crippen LogP contribution in [-0.4, -0.2) is 8.42 Å². The Morgan fingerprint density at radius 3 is 2.31 bits per heavy atom. The second-order valence-corrected chi connectivity index (χ2v) is 4.44. The average molecular weight is 197 g/mol. The van der Waals surface area contributed by atoms with Gasteiger partial charge in [-0.2, -0.15) is 0 Å². The average Bonchev–Trinajstić information content (AvgIpc) is 2.04. The predicted molar refractivity (Wildman–Crippen MR) is 53.2 cm³/mol. The van der Waals surface area contributed by atoms with Gasteiger partial charge in [0.1, 0.15) is 0 Å². The zero-order valence-electron chi connectivity index (χ0n) is 7.27. The normalized spacial score (nSPS) is 12.9. The zero-order chi connectivity index (χ0) is 9.90. The van der Waals surface area contributed by atoms with Gasteiger partial charge in [-0.3, -0.25) is 0 Å². The molecule has 3 nitrogen and oxygen atoms in total. The van der Waals surface area contributed by atoms with Gasteiger partial charge in [0, 0.05) is 0 Å². The van der Waals surface area contributed by atoms with Gasteiger partial charge in [-0.15, -0.1) is 0 Å². The van der Waals surface area contributed by atoms with E-state index in [9.17, 15) is 8.42 Å². The predicted octanol–water partition coefficient (Wildman–Crippen LogP) is 1.34. The number of benzene rings is 1. The largest absolute Gasteiger partial charge is 0.233 e. The monoisotopic (exact) mass is 197 g/mol. The third-order valence-corrected chi connectivity index (χ3v) is 2.63. The van der Waals surface area contributed by atoms with Gasteiger partial charge in [-0.25, -0.2) is 13.6 Å². The van der Waals surface area contributed by atoms with E-state index >= 15 is 0 Å². The van der Waals surface area contributed by atoms with Crippen molar-refractivity contribution in [1.29, 1.82) is 0 Å². The van der Waals surface area contributed by atoms with E-state index in [-0.39, 0.29) is 4.91 Å². The molecule has 0 unspecified atom stereocenters. The quantitative estimate of drug-likeness (QED) is 0.777. The first kappa shape index (κ1) is 9.95. The molecule has 0 radical (unpaired) electrons. The lowest BCUT2D eigenvalue weighted by Gasteiger charge is -1.97. The van der Waals surface area contributed by atoms with E-state index in [0.717, 1.165) is 5.56 Å². The molecule has 70 valence electrons. The molecule has 0 aromatic heterocycles. The number of nitrogens with two attached hydrogens (primary N) is 1. The van der Waals surface area contributed by atoms with Crippen LogP contribution in [0, 0.1) is 0 Å². The van der Waals surface area contributed by atoms with Crippen molar-refractivity contribution in [3.63, 3.8) is 0 Å². The Morgan fingerprint density at radius 2 is 1.85 bits per heavy atom. The SMILES string of the molecule is C/C(=C/c1ccccc1)S(N)(=O)=O. The Bertz CT molecular complexity index is 407. The molecule has 0 saturated carbocycles. The second-order valence-electron chi connectivity index (χ2n) is 2.71. The number of rotatable bonds is 2. The third kappa shape index (κ3) is 3.01. The van der Waals surface area contributed by atoms with Crippen LogP contribution < -0.4 is 5.14 Å². The van der Waals surface area contributed by atoms with Crippen molar-refractivity contribution < 1.29 is 8.42 Å². The highest BCUT2D eigenvalue weighted by Gasteiger charge is 2.04. The maximum absolute atomic E-state index is 10.8. The van der Waals surface area contributed by atoms with Gasteiger partial charge >= 0.3 is 0 Å². The lowest BCUT2D eigenvalue weighted by molar-refractivity contribution is 0.604. The molecule has 13 heavy (non-hydrogen) atoms. The molecule has 1 rings (SSSR count). The van der Waals surface area contributed by atoms with Gasteiger partial charge in [0.25, 0.3) is 0 Å². The fourth-order valence-electron chi connectivity index (χ4n) is 0.866. The minimum absolute atomic E-state index is 0.165. The van der Waals surface area contributed by atoms with Crippen LogP contribution in [0.4, 0.5) is 0 Å². The minimum atomic E-state index is -3.54. The van der Waals surface area contributed by atoms with Crippen molar-refractivity contribution in [2.75, 3.05) is 0 Å². The summed E-state index contributed by atoms with van der Waals surface area (Å²) in [5, 5.41) is 4.93. The molecule has 0 aliphatic rings. The molecule has 0 spiro atoms. The molecule has 0 amide bonds. The summed E-state index contributed by atoms with van der Waals surface area (Å²) in [5.74, 6) is 0. The molecule has 0 aliphatic carbocycles. The van der Waals surface area contributed by atoms with Crippen molar-refractivity contribution in [2.24, 2.45) is 5.14 Å². The summed E-state index contributed by atoms with van der Waals surface area (Å²) in [7, 11) is -3.54. The molecule has 2 N–H and O–H groups in total. The van der Waals surface area contributed by atoms with Crippen LogP contribution in [0.5, 0.6) is 0 Å². The number of primary sulfonamides is 1. The van der Waals surface area contributed by atoms with Crippen LogP contribution in [0.2, 0.25) is 0 Å². The van der Waals surface area contributed by atoms with E-state index < -0.39 is 10.0 Å². The van der Waals surface area contributed by atoms with Crippen molar-refractivity contribution >= 4 is 16.1 Å². The van der Waals surface area contributed by atoms with Crippen LogP contribution in [0.15, 0.2) is 35.2 Å². The Labute approximate surface area is 77.9 Å². The van der Waals surface area contributed by atoms with Crippen LogP contribution in [-0.2, 0) is 10.0 Å². The maximum Gasteiger partial charge on any atom is 0.233 e. The van der Waals surface area contributed by atoms with Crippen LogP contribution in [0.25, 0.3) is 6.08 Å². The number of hydrogen-bond donors (Lipinski definition) is 1. The Morgan fingerprint density at radius 1 is 1.31 bits per heavy atom. The van der Waals surface area contributed by atoms with E-state index in [2.05, 4.69) is 0 Å². The molecular weight excluding hydrogens is 186 g/mol. The van der Waals surface area contributed by atoms with Gasteiger partial charge in [-0.05, 0) is 18.6 Å². The van der Waals surface area contributed by atoms with Crippen LogP contribution in [0.3, 0.4) is 0 Å². The number of sulfonamides is 1. The van der Waals surface area contributed by atoms with Crippen molar-refractivity contribution in [3.05, 3.63) is 40.8 Å². The summed E-state index contributed by atoms with van der Waals surface area (Å²) < 4.78 is 21.7. The molecule has 1 aromatic rings. The molecular formula is C9H11NO2S. The standard InChI is InChI=1S/C9H11NO2S/c1-8(13(10,11)12)7-9-5-3-2-4-6-9/h2-7H,1H3,(H2,10,11,12)/b8-7-. The molecule has 0 saturated heterocycles. The van der Waals surface area contributed by atoms with E-state index in [1.165, 1.54) is 13.0 Å². The Balaban J connectivity index is 3.04. The summed E-state index contributed by atoms with van der Waals surface area (Å²) in [5.41, 5.74) is 0.828. The highest BCUT2D eigenvalue weighted by atomic mass is 32.2. The Kier molecular flexibility index (Phi) is 2.85. The number of allylic oxidation sites excluding steroid dienone is 1. The maximum atomic E-state index is 10.8. The third-order valence-electron chi connectivity index (χ3n) is 1.62.